The molecular weight excluding hydrogens is 392 g/mol. The first-order chi connectivity index (χ1) is 15.2. The summed E-state index contributed by atoms with van der Waals surface area (Å²) >= 11 is 0. The SMILES string of the molecule is O=C(/C=C/c1cc2ccccc2o1)NNC(=O)CCN1CCN(c2ccccc2)CC1. The number of amides is 2. The van der Waals surface area contributed by atoms with Gasteiger partial charge in [0, 0.05) is 56.3 Å². The molecule has 0 bridgehead atoms. The van der Waals surface area contributed by atoms with Crippen molar-refractivity contribution in [1.29, 1.82) is 0 Å². The highest BCUT2D eigenvalue weighted by Crippen LogP contribution is 2.19. The minimum Gasteiger partial charge on any atom is -0.457 e. The minimum atomic E-state index is -0.412. The van der Waals surface area contributed by atoms with Gasteiger partial charge in [-0.05, 0) is 30.3 Å². The summed E-state index contributed by atoms with van der Waals surface area (Å²) in [5.74, 6) is -0.0430. The van der Waals surface area contributed by atoms with E-state index >= 15 is 0 Å². The van der Waals surface area contributed by atoms with Crippen molar-refractivity contribution in [3.63, 3.8) is 0 Å². The van der Waals surface area contributed by atoms with Crippen molar-refractivity contribution in [2.45, 2.75) is 6.42 Å². The Morgan fingerprint density at radius 2 is 1.68 bits per heavy atom. The van der Waals surface area contributed by atoms with Gasteiger partial charge in [0.05, 0.1) is 0 Å². The van der Waals surface area contributed by atoms with Crippen molar-refractivity contribution < 1.29 is 14.0 Å². The normalized spacial score (nSPS) is 14.8. The summed E-state index contributed by atoms with van der Waals surface area (Å²) in [6, 6.07) is 19.8. The quantitative estimate of drug-likeness (QED) is 0.476. The molecule has 0 radical (unpaired) electrons. The lowest BCUT2D eigenvalue weighted by atomic mass is 10.2. The molecule has 2 N–H and O–H groups in total. The van der Waals surface area contributed by atoms with Gasteiger partial charge in [-0.1, -0.05) is 36.4 Å². The third-order valence-electron chi connectivity index (χ3n) is 5.32. The largest absolute Gasteiger partial charge is 0.457 e. The second-order valence-corrected chi connectivity index (χ2v) is 7.47. The van der Waals surface area contributed by atoms with Crippen LogP contribution in [0.25, 0.3) is 17.0 Å². The number of nitrogens with zero attached hydrogens (tertiary/aromatic N) is 2. The van der Waals surface area contributed by atoms with Crippen molar-refractivity contribution in [2.24, 2.45) is 0 Å². The highest BCUT2D eigenvalue weighted by molar-refractivity contribution is 5.93. The van der Waals surface area contributed by atoms with E-state index in [9.17, 15) is 9.59 Å². The molecule has 31 heavy (non-hydrogen) atoms. The number of rotatable bonds is 6. The van der Waals surface area contributed by atoms with Crippen molar-refractivity contribution in [3.8, 4) is 0 Å². The van der Waals surface area contributed by atoms with E-state index in [0.29, 0.717) is 18.7 Å². The molecule has 2 aromatic carbocycles. The van der Waals surface area contributed by atoms with E-state index in [1.165, 1.54) is 11.8 Å². The van der Waals surface area contributed by atoms with Gasteiger partial charge in [0.15, 0.2) is 0 Å². The molecule has 1 aliphatic heterocycles. The number of hydrogen-bond acceptors (Lipinski definition) is 5. The average molecular weight is 418 g/mol. The van der Waals surface area contributed by atoms with E-state index in [4.69, 9.17) is 4.42 Å². The van der Waals surface area contributed by atoms with Gasteiger partial charge in [-0.2, -0.15) is 0 Å². The van der Waals surface area contributed by atoms with E-state index in [2.05, 4.69) is 32.8 Å². The predicted molar refractivity (Wildman–Crippen MR) is 121 cm³/mol. The maximum absolute atomic E-state index is 12.1. The summed E-state index contributed by atoms with van der Waals surface area (Å²) in [6.45, 7) is 4.37. The van der Waals surface area contributed by atoms with Crippen LogP contribution in [0.3, 0.4) is 0 Å². The summed E-state index contributed by atoms with van der Waals surface area (Å²) in [5, 5.41) is 0.973. The van der Waals surface area contributed by atoms with Crippen LogP contribution >= 0.6 is 0 Å². The molecule has 7 heteroatoms. The summed E-state index contributed by atoms with van der Waals surface area (Å²) in [5.41, 5.74) is 6.87. The molecule has 3 aromatic rings. The van der Waals surface area contributed by atoms with Gasteiger partial charge in [-0.25, -0.2) is 0 Å². The number of piperazine rings is 1. The van der Waals surface area contributed by atoms with Crippen LogP contribution in [-0.2, 0) is 9.59 Å². The number of hydrazine groups is 1. The highest BCUT2D eigenvalue weighted by Gasteiger charge is 2.17. The number of hydrogen-bond donors (Lipinski definition) is 2. The molecule has 1 fully saturated rings. The molecule has 160 valence electrons. The molecule has 1 saturated heterocycles. The minimum absolute atomic E-state index is 0.212. The summed E-state index contributed by atoms with van der Waals surface area (Å²) < 4.78 is 5.62. The lowest BCUT2D eigenvalue weighted by molar-refractivity contribution is -0.127. The Bertz CT molecular complexity index is 1020. The van der Waals surface area contributed by atoms with Crippen LogP contribution in [0.2, 0.25) is 0 Å². The first-order valence-electron chi connectivity index (χ1n) is 10.5. The van der Waals surface area contributed by atoms with E-state index < -0.39 is 5.91 Å². The molecule has 1 aromatic heterocycles. The number of benzene rings is 2. The first kappa shape index (κ1) is 20.7. The Kier molecular flexibility index (Phi) is 6.64. The Morgan fingerprint density at radius 3 is 2.45 bits per heavy atom. The number of para-hydroxylation sites is 2. The zero-order valence-electron chi connectivity index (χ0n) is 17.3. The van der Waals surface area contributed by atoms with E-state index in [1.807, 2.05) is 48.5 Å². The predicted octanol–water partition coefficient (Wildman–Crippen LogP) is 2.81. The molecule has 0 unspecified atom stereocenters. The maximum Gasteiger partial charge on any atom is 0.262 e. The molecule has 0 atom stereocenters. The molecule has 0 saturated carbocycles. The Balaban J connectivity index is 1.14. The molecular formula is C24H26N4O3. The van der Waals surface area contributed by atoms with Crippen molar-refractivity contribution in [2.75, 3.05) is 37.6 Å². The van der Waals surface area contributed by atoms with Gasteiger partial charge in [-0.15, -0.1) is 0 Å². The van der Waals surface area contributed by atoms with Crippen LogP contribution in [0.15, 0.2) is 71.2 Å². The van der Waals surface area contributed by atoms with Crippen LogP contribution in [-0.4, -0.2) is 49.4 Å². The van der Waals surface area contributed by atoms with Gasteiger partial charge in [0.2, 0.25) is 5.91 Å². The Hall–Kier alpha value is -3.58. The van der Waals surface area contributed by atoms with Crippen molar-refractivity contribution >= 4 is 34.5 Å². The standard InChI is InChI=1S/C24H26N4O3/c29-23(11-10-21-18-19-6-4-5-9-22(19)31-21)25-26-24(30)12-13-27-14-16-28(17-15-27)20-7-2-1-3-8-20/h1-11,18H,12-17H2,(H,25,29)(H,26,30)/b11-10+. The molecule has 1 aliphatic rings. The lowest BCUT2D eigenvalue weighted by Crippen LogP contribution is -2.48. The molecule has 0 aliphatic carbocycles. The number of nitrogens with one attached hydrogen (secondary N) is 2. The van der Waals surface area contributed by atoms with Crippen LogP contribution < -0.4 is 15.8 Å². The molecule has 4 rings (SSSR count). The second kappa shape index (κ2) is 9.95. The van der Waals surface area contributed by atoms with Crippen LogP contribution in [0, 0.1) is 0 Å². The third kappa shape index (κ3) is 5.73. The van der Waals surface area contributed by atoms with Crippen molar-refractivity contribution in [3.05, 3.63) is 72.5 Å². The molecule has 2 amide bonds. The monoisotopic (exact) mass is 418 g/mol. The molecule has 2 heterocycles. The average Bonchev–Trinajstić information content (AvgIpc) is 3.24. The van der Waals surface area contributed by atoms with Gasteiger partial charge >= 0.3 is 0 Å². The topological polar surface area (TPSA) is 77.8 Å². The Labute approximate surface area is 181 Å². The highest BCUT2D eigenvalue weighted by atomic mass is 16.3. The van der Waals surface area contributed by atoms with E-state index in [0.717, 1.165) is 37.1 Å². The summed E-state index contributed by atoms with van der Waals surface area (Å²) in [6.07, 6.45) is 3.24. The second-order valence-electron chi connectivity index (χ2n) is 7.47. The zero-order chi connectivity index (χ0) is 21.5. The van der Waals surface area contributed by atoms with Crippen LogP contribution in [0.4, 0.5) is 5.69 Å². The lowest BCUT2D eigenvalue weighted by Gasteiger charge is -2.36. The van der Waals surface area contributed by atoms with Gasteiger partial charge in [0.25, 0.3) is 5.91 Å². The number of fused-ring (bicyclic) bond motifs is 1. The third-order valence-corrected chi connectivity index (χ3v) is 5.32. The Morgan fingerprint density at radius 1 is 0.935 bits per heavy atom. The van der Waals surface area contributed by atoms with Crippen molar-refractivity contribution in [1.82, 2.24) is 15.8 Å². The molecule has 0 spiro atoms. The number of carbonyl (C=O) groups excluding carboxylic acids is 2. The van der Waals surface area contributed by atoms with E-state index in [1.54, 1.807) is 6.08 Å². The fraction of sp³-hybridized carbons (Fsp3) is 0.250. The van der Waals surface area contributed by atoms with Crippen LogP contribution in [0.1, 0.15) is 12.2 Å². The molecule has 7 nitrogen and oxygen atoms in total. The van der Waals surface area contributed by atoms with Gasteiger partial charge in [-0.3, -0.25) is 25.3 Å². The van der Waals surface area contributed by atoms with Gasteiger partial charge in [0.1, 0.15) is 11.3 Å². The van der Waals surface area contributed by atoms with Crippen LogP contribution in [0.5, 0.6) is 0 Å². The fourth-order valence-corrected chi connectivity index (χ4v) is 3.61. The maximum atomic E-state index is 12.1. The van der Waals surface area contributed by atoms with E-state index in [-0.39, 0.29) is 5.91 Å². The summed E-state index contributed by atoms with van der Waals surface area (Å²) in [4.78, 5) is 28.6. The van der Waals surface area contributed by atoms with Gasteiger partial charge < -0.3 is 9.32 Å². The summed E-state index contributed by atoms with van der Waals surface area (Å²) in [7, 11) is 0. The smallest absolute Gasteiger partial charge is 0.262 e. The first-order valence-corrected chi connectivity index (χ1v) is 10.5. The fourth-order valence-electron chi connectivity index (χ4n) is 3.61. The number of anilines is 1. The zero-order valence-corrected chi connectivity index (χ0v) is 17.3. The number of carbonyl (C=O) groups is 2. The number of furan rings is 1.